The number of hydrogen-bond acceptors (Lipinski definition) is 3. The molecule has 0 heterocycles. The molecule has 4 heteroatoms. The molecule has 0 aliphatic heterocycles. The molecular formula is C10H22O3S. The van der Waals surface area contributed by atoms with Crippen LogP contribution in [0.4, 0.5) is 0 Å². The van der Waals surface area contributed by atoms with Crippen LogP contribution in [-0.4, -0.2) is 17.4 Å². The van der Waals surface area contributed by atoms with Crippen LogP contribution in [0.15, 0.2) is 0 Å². The highest BCUT2D eigenvalue weighted by Crippen LogP contribution is 2.03. The van der Waals surface area contributed by atoms with Crippen molar-refractivity contribution in [3.05, 3.63) is 0 Å². The molecule has 3 nitrogen and oxygen atoms in total. The van der Waals surface area contributed by atoms with E-state index in [0.29, 0.717) is 25.0 Å². The van der Waals surface area contributed by atoms with Gasteiger partial charge in [0, 0.05) is 0 Å². The molecule has 0 saturated carbocycles. The summed E-state index contributed by atoms with van der Waals surface area (Å²) in [7, 11) is 0. The molecule has 0 atom stereocenters. The molecule has 0 amide bonds. The molecule has 0 N–H and O–H groups in total. The summed E-state index contributed by atoms with van der Waals surface area (Å²) in [6.45, 7) is 9.42. The van der Waals surface area contributed by atoms with Crippen molar-refractivity contribution in [2.24, 2.45) is 11.8 Å². The standard InChI is InChI=1S/C10H22O3S/c1-9(2)5-7-12-14(11)13-8-6-10(3)4/h9-10H,5-8H2,1-4H3. The van der Waals surface area contributed by atoms with Gasteiger partial charge >= 0.3 is 11.4 Å². The Bertz CT molecular complexity index is 141. The molecule has 0 rings (SSSR count). The lowest BCUT2D eigenvalue weighted by molar-refractivity contribution is 0.230. The summed E-state index contributed by atoms with van der Waals surface area (Å²) in [4.78, 5) is 0. The summed E-state index contributed by atoms with van der Waals surface area (Å²) in [6, 6.07) is 0. The summed E-state index contributed by atoms with van der Waals surface area (Å²) in [5.41, 5.74) is 0. The lowest BCUT2D eigenvalue weighted by Gasteiger charge is -2.06. The first-order chi connectivity index (χ1) is 6.52. The van der Waals surface area contributed by atoms with Crippen LogP contribution in [0.5, 0.6) is 0 Å². The molecule has 0 spiro atoms. The fourth-order valence-electron chi connectivity index (χ4n) is 0.738. The molecule has 0 aliphatic carbocycles. The minimum atomic E-state index is -1.55. The normalized spacial score (nSPS) is 11.9. The van der Waals surface area contributed by atoms with Crippen molar-refractivity contribution in [1.29, 1.82) is 0 Å². The third-order valence-corrected chi connectivity index (χ3v) is 2.47. The van der Waals surface area contributed by atoms with Crippen molar-refractivity contribution >= 4 is 11.4 Å². The first kappa shape index (κ1) is 14.1. The smallest absolute Gasteiger partial charge is 0.268 e. The minimum absolute atomic E-state index is 0.506. The molecule has 0 aliphatic rings. The zero-order chi connectivity index (χ0) is 11.0. The SMILES string of the molecule is CC(C)CCOS(=O)OCCC(C)C. The third-order valence-electron chi connectivity index (χ3n) is 1.75. The van der Waals surface area contributed by atoms with E-state index in [2.05, 4.69) is 27.7 Å². The van der Waals surface area contributed by atoms with Crippen LogP contribution < -0.4 is 0 Å². The van der Waals surface area contributed by atoms with Gasteiger partial charge in [-0.3, -0.25) is 8.37 Å². The Balaban J connectivity index is 3.28. The Kier molecular flexibility index (Phi) is 8.43. The van der Waals surface area contributed by atoms with Crippen LogP contribution >= 0.6 is 0 Å². The van der Waals surface area contributed by atoms with Gasteiger partial charge in [-0.1, -0.05) is 27.7 Å². The maximum Gasteiger partial charge on any atom is 0.304 e. The highest BCUT2D eigenvalue weighted by Gasteiger charge is 2.02. The monoisotopic (exact) mass is 222 g/mol. The van der Waals surface area contributed by atoms with E-state index in [9.17, 15) is 4.21 Å². The van der Waals surface area contributed by atoms with Crippen LogP contribution in [0, 0.1) is 11.8 Å². The highest BCUT2D eigenvalue weighted by atomic mass is 32.2. The Hall–Kier alpha value is 0.0700. The predicted octanol–water partition coefficient (Wildman–Crippen LogP) is 2.69. The van der Waals surface area contributed by atoms with E-state index in [4.69, 9.17) is 8.37 Å². The van der Waals surface area contributed by atoms with Crippen LogP contribution in [-0.2, 0) is 19.7 Å². The molecule has 0 radical (unpaired) electrons. The lowest BCUT2D eigenvalue weighted by Crippen LogP contribution is -2.07. The Morgan fingerprint density at radius 3 is 1.57 bits per heavy atom. The average molecular weight is 222 g/mol. The molecule has 0 aromatic carbocycles. The predicted molar refractivity (Wildman–Crippen MR) is 59.0 cm³/mol. The van der Waals surface area contributed by atoms with Gasteiger partial charge in [-0.25, -0.2) is 0 Å². The van der Waals surface area contributed by atoms with Gasteiger partial charge in [-0.15, -0.1) is 0 Å². The molecule has 0 unspecified atom stereocenters. The zero-order valence-corrected chi connectivity index (χ0v) is 10.4. The summed E-state index contributed by atoms with van der Waals surface area (Å²) < 4.78 is 21.0. The van der Waals surface area contributed by atoms with Crippen LogP contribution in [0.25, 0.3) is 0 Å². The van der Waals surface area contributed by atoms with Gasteiger partial charge < -0.3 is 0 Å². The van der Waals surface area contributed by atoms with Crippen molar-refractivity contribution in [1.82, 2.24) is 0 Å². The van der Waals surface area contributed by atoms with E-state index in [1.165, 1.54) is 0 Å². The fourth-order valence-corrected chi connectivity index (χ4v) is 1.27. The molecule has 0 saturated heterocycles. The van der Waals surface area contributed by atoms with Gasteiger partial charge in [-0.05, 0) is 24.7 Å². The largest absolute Gasteiger partial charge is 0.304 e. The number of rotatable bonds is 8. The van der Waals surface area contributed by atoms with E-state index in [1.807, 2.05) is 0 Å². The summed E-state index contributed by atoms with van der Waals surface area (Å²) >= 11 is -1.55. The zero-order valence-electron chi connectivity index (χ0n) is 9.62. The molecule has 86 valence electrons. The van der Waals surface area contributed by atoms with Crippen molar-refractivity contribution in [2.45, 2.75) is 40.5 Å². The van der Waals surface area contributed by atoms with E-state index < -0.39 is 11.4 Å². The molecule has 0 bridgehead atoms. The minimum Gasteiger partial charge on any atom is -0.268 e. The van der Waals surface area contributed by atoms with Gasteiger partial charge in [0.2, 0.25) is 0 Å². The molecule has 0 aromatic heterocycles. The first-order valence-corrected chi connectivity index (χ1v) is 6.20. The number of hydrogen-bond donors (Lipinski definition) is 0. The second-order valence-corrected chi connectivity index (χ2v) is 5.09. The maximum absolute atomic E-state index is 11.1. The van der Waals surface area contributed by atoms with Gasteiger partial charge in [0.1, 0.15) is 0 Å². The maximum atomic E-state index is 11.1. The molecule has 14 heavy (non-hydrogen) atoms. The van der Waals surface area contributed by atoms with Gasteiger partial charge in [0.25, 0.3) is 0 Å². The van der Waals surface area contributed by atoms with Crippen LogP contribution in [0.1, 0.15) is 40.5 Å². The van der Waals surface area contributed by atoms with Crippen molar-refractivity contribution in [3.63, 3.8) is 0 Å². The quantitative estimate of drug-likeness (QED) is 0.633. The highest BCUT2D eigenvalue weighted by molar-refractivity contribution is 7.75. The van der Waals surface area contributed by atoms with Crippen LogP contribution in [0.3, 0.4) is 0 Å². The van der Waals surface area contributed by atoms with Crippen molar-refractivity contribution < 1.29 is 12.6 Å². The molecule has 0 fully saturated rings. The summed E-state index contributed by atoms with van der Waals surface area (Å²) in [5.74, 6) is 1.14. The van der Waals surface area contributed by atoms with Crippen molar-refractivity contribution in [3.8, 4) is 0 Å². The van der Waals surface area contributed by atoms with Crippen molar-refractivity contribution in [2.75, 3.05) is 13.2 Å². The summed E-state index contributed by atoms with van der Waals surface area (Å²) in [6.07, 6.45) is 1.83. The third kappa shape index (κ3) is 10.2. The second-order valence-electron chi connectivity index (χ2n) is 4.21. The summed E-state index contributed by atoms with van der Waals surface area (Å²) in [5, 5.41) is 0. The lowest BCUT2D eigenvalue weighted by atomic mass is 10.2. The van der Waals surface area contributed by atoms with Gasteiger partial charge in [-0.2, -0.15) is 4.21 Å². The van der Waals surface area contributed by atoms with E-state index in [1.54, 1.807) is 0 Å². The van der Waals surface area contributed by atoms with E-state index in [0.717, 1.165) is 12.8 Å². The Labute approximate surface area is 90.0 Å². The average Bonchev–Trinajstić information content (AvgIpc) is 2.02. The first-order valence-electron chi connectivity index (χ1n) is 5.20. The molecule has 0 aromatic rings. The van der Waals surface area contributed by atoms with Crippen LogP contribution in [0.2, 0.25) is 0 Å². The Morgan fingerprint density at radius 1 is 0.929 bits per heavy atom. The second kappa shape index (κ2) is 8.38. The fraction of sp³-hybridized carbons (Fsp3) is 1.00. The van der Waals surface area contributed by atoms with Gasteiger partial charge in [0.15, 0.2) is 0 Å². The topological polar surface area (TPSA) is 35.5 Å². The Morgan fingerprint density at radius 2 is 1.29 bits per heavy atom. The van der Waals surface area contributed by atoms with E-state index in [-0.39, 0.29) is 0 Å². The van der Waals surface area contributed by atoms with E-state index >= 15 is 0 Å². The molecular weight excluding hydrogens is 200 g/mol. The van der Waals surface area contributed by atoms with Gasteiger partial charge in [0.05, 0.1) is 13.2 Å².